The van der Waals surface area contributed by atoms with Crippen molar-refractivity contribution in [2.24, 2.45) is 0 Å². The first-order valence-corrected chi connectivity index (χ1v) is 5.25. The Morgan fingerprint density at radius 2 is 2.22 bits per heavy atom. The molecule has 0 aliphatic rings. The van der Waals surface area contributed by atoms with Crippen LogP contribution in [0.5, 0.6) is 5.75 Å². The second kappa shape index (κ2) is 5.72. The fourth-order valence-corrected chi connectivity index (χ4v) is 1.32. The molecule has 0 fully saturated rings. The average molecular weight is 248 g/mol. The molecule has 2 aromatic rings. The van der Waals surface area contributed by atoms with Gasteiger partial charge in [-0.3, -0.25) is 5.32 Å². The zero-order valence-electron chi connectivity index (χ0n) is 9.75. The quantitative estimate of drug-likeness (QED) is 0.899. The molecule has 0 radical (unpaired) electrons. The lowest BCUT2D eigenvalue weighted by atomic mass is 10.3. The number of hydrogen-bond acceptors (Lipinski definition) is 5. The van der Waals surface area contributed by atoms with Crippen molar-refractivity contribution >= 4 is 11.8 Å². The first-order valence-electron chi connectivity index (χ1n) is 5.25. The van der Waals surface area contributed by atoms with Crippen LogP contribution in [-0.2, 0) is 11.3 Å². The lowest BCUT2D eigenvalue weighted by Crippen LogP contribution is -2.12. The minimum atomic E-state index is -0.549. The van der Waals surface area contributed by atoms with Gasteiger partial charge in [-0.1, -0.05) is 17.3 Å². The van der Waals surface area contributed by atoms with Crippen LogP contribution in [0.4, 0.5) is 10.5 Å². The van der Waals surface area contributed by atoms with Crippen molar-refractivity contribution in [2.45, 2.75) is 6.61 Å². The standard InChI is InChI=1S/C12H12N2O4/c1-16-12(15)13-10-4-2-3-5-11(10)17-8-9-6-7-18-14-9/h2-7H,8H2,1H3,(H,13,15). The number of nitrogens with zero attached hydrogens (tertiary/aromatic N) is 1. The van der Waals surface area contributed by atoms with Gasteiger partial charge in [0.15, 0.2) is 0 Å². The van der Waals surface area contributed by atoms with Crippen LogP contribution in [0.3, 0.4) is 0 Å². The number of para-hydroxylation sites is 2. The summed E-state index contributed by atoms with van der Waals surface area (Å²) in [5.74, 6) is 0.533. The molecule has 94 valence electrons. The number of anilines is 1. The van der Waals surface area contributed by atoms with Crippen LogP contribution < -0.4 is 10.1 Å². The molecule has 1 N–H and O–H groups in total. The minimum absolute atomic E-state index is 0.260. The largest absolute Gasteiger partial charge is 0.485 e. The average Bonchev–Trinajstić information content (AvgIpc) is 2.91. The number of benzene rings is 1. The summed E-state index contributed by atoms with van der Waals surface area (Å²) in [6, 6.07) is 8.76. The van der Waals surface area contributed by atoms with Gasteiger partial charge in [0.25, 0.3) is 0 Å². The minimum Gasteiger partial charge on any atom is -0.485 e. The van der Waals surface area contributed by atoms with Gasteiger partial charge in [-0.05, 0) is 12.1 Å². The number of ether oxygens (including phenoxy) is 2. The number of amides is 1. The zero-order chi connectivity index (χ0) is 12.8. The number of aromatic nitrogens is 1. The number of methoxy groups -OCH3 is 1. The maximum atomic E-state index is 11.2. The molecular formula is C12H12N2O4. The highest BCUT2D eigenvalue weighted by Gasteiger charge is 2.07. The summed E-state index contributed by atoms with van der Waals surface area (Å²) in [6.45, 7) is 0.260. The maximum absolute atomic E-state index is 11.2. The predicted molar refractivity (Wildman–Crippen MR) is 63.3 cm³/mol. The van der Waals surface area contributed by atoms with Crippen LogP contribution in [-0.4, -0.2) is 18.4 Å². The number of rotatable bonds is 4. The Hall–Kier alpha value is -2.50. The molecule has 6 heteroatoms. The van der Waals surface area contributed by atoms with E-state index in [1.807, 2.05) is 0 Å². The first kappa shape index (κ1) is 12.0. The van der Waals surface area contributed by atoms with E-state index in [1.165, 1.54) is 13.4 Å². The molecule has 1 amide bonds. The monoisotopic (exact) mass is 248 g/mol. The number of nitrogens with one attached hydrogen (secondary N) is 1. The van der Waals surface area contributed by atoms with E-state index in [-0.39, 0.29) is 6.61 Å². The van der Waals surface area contributed by atoms with Gasteiger partial charge in [0.2, 0.25) is 0 Å². The Morgan fingerprint density at radius 1 is 1.39 bits per heavy atom. The topological polar surface area (TPSA) is 73.6 Å². The van der Waals surface area contributed by atoms with E-state index in [0.29, 0.717) is 17.1 Å². The highest BCUT2D eigenvalue weighted by molar-refractivity contribution is 5.86. The Bertz CT molecular complexity index is 511. The molecule has 2 rings (SSSR count). The van der Waals surface area contributed by atoms with Gasteiger partial charge in [0, 0.05) is 6.07 Å². The number of carbonyl (C=O) groups excluding carboxylic acids is 1. The molecule has 1 aromatic carbocycles. The van der Waals surface area contributed by atoms with E-state index in [9.17, 15) is 4.79 Å². The highest BCUT2D eigenvalue weighted by Crippen LogP contribution is 2.24. The van der Waals surface area contributed by atoms with Crippen LogP contribution in [0, 0.1) is 0 Å². The molecule has 0 saturated heterocycles. The molecule has 18 heavy (non-hydrogen) atoms. The van der Waals surface area contributed by atoms with E-state index in [0.717, 1.165) is 0 Å². The molecule has 0 spiro atoms. The second-order valence-corrected chi connectivity index (χ2v) is 3.39. The third-order valence-electron chi connectivity index (χ3n) is 2.18. The van der Waals surface area contributed by atoms with Gasteiger partial charge < -0.3 is 14.0 Å². The molecule has 0 aliphatic heterocycles. The smallest absolute Gasteiger partial charge is 0.411 e. The molecular weight excluding hydrogens is 236 g/mol. The Morgan fingerprint density at radius 3 is 2.94 bits per heavy atom. The Labute approximate surface area is 103 Å². The molecule has 0 atom stereocenters. The summed E-state index contributed by atoms with van der Waals surface area (Å²) < 4.78 is 14.8. The van der Waals surface area contributed by atoms with Crippen LogP contribution in [0.15, 0.2) is 41.1 Å². The normalized spacial score (nSPS) is 9.83. The molecule has 6 nitrogen and oxygen atoms in total. The highest BCUT2D eigenvalue weighted by atomic mass is 16.5. The lowest BCUT2D eigenvalue weighted by Gasteiger charge is -2.10. The lowest BCUT2D eigenvalue weighted by molar-refractivity contribution is 0.186. The summed E-state index contributed by atoms with van der Waals surface area (Å²) in [7, 11) is 1.30. The fourth-order valence-electron chi connectivity index (χ4n) is 1.32. The van der Waals surface area contributed by atoms with Crippen molar-refractivity contribution in [2.75, 3.05) is 12.4 Å². The van der Waals surface area contributed by atoms with Gasteiger partial charge >= 0.3 is 6.09 Å². The predicted octanol–water partition coefficient (Wildman–Crippen LogP) is 2.43. The van der Waals surface area contributed by atoms with Crippen molar-refractivity contribution in [1.82, 2.24) is 5.16 Å². The Balaban J connectivity index is 2.05. The number of carbonyl (C=O) groups is 1. The van der Waals surface area contributed by atoms with Crippen LogP contribution >= 0.6 is 0 Å². The third-order valence-corrected chi connectivity index (χ3v) is 2.18. The van der Waals surface area contributed by atoms with Crippen molar-refractivity contribution in [3.8, 4) is 5.75 Å². The third kappa shape index (κ3) is 3.00. The second-order valence-electron chi connectivity index (χ2n) is 3.39. The molecule has 0 unspecified atom stereocenters. The summed E-state index contributed by atoms with van der Waals surface area (Å²) in [6.07, 6.45) is 0.921. The van der Waals surface area contributed by atoms with E-state index in [2.05, 4.69) is 15.2 Å². The van der Waals surface area contributed by atoms with Crippen molar-refractivity contribution in [3.05, 3.63) is 42.3 Å². The molecule has 0 saturated carbocycles. The molecule has 1 heterocycles. The SMILES string of the molecule is COC(=O)Nc1ccccc1OCc1ccon1. The van der Waals surface area contributed by atoms with Gasteiger partial charge in [0.05, 0.1) is 12.8 Å². The van der Waals surface area contributed by atoms with E-state index in [1.54, 1.807) is 30.3 Å². The van der Waals surface area contributed by atoms with Gasteiger partial charge in [-0.2, -0.15) is 0 Å². The summed E-state index contributed by atoms with van der Waals surface area (Å²) >= 11 is 0. The first-order chi connectivity index (χ1) is 8.79. The summed E-state index contributed by atoms with van der Waals surface area (Å²) in [5.41, 5.74) is 1.20. The van der Waals surface area contributed by atoms with Crippen molar-refractivity contribution < 1.29 is 18.8 Å². The summed E-state index contributed by atoms with van der Waals surface area (Å²) in [4.78, 5) is 11.2. The van der Waals surface area contributed by atoms with Gasteiger partial charge in [0.1, 0.15) is 24.3 Å². The van der Waals surface area contributed by atoms with Crippen LogP contribution in [0.25, 0.3) is 0 Å². The van der Waals surface area contributed by atoms with Crippen molar-refractivity contribution in [1.29, 1.82) is 0 Å². The summed E-state index contributed by atoms with van der Waals surface area (Å²) in [5, 5.41) is 6.29. The van der Waals surface area contributed by atoms with E-state index in [4.69, 9.17) is 9.26 Å². The van der Waals surface area contributed by atoms with Gasteiger partial charge in [-0.25, -0.2) is 4.79 Å². The molecule has 0 aliphatic carbocycles. The fraction of sp³-hybridized carbons (Fsp3) is 0.167. The van der Waals surface area contributed by atoms with E-state index >= 15 is 0 Å². The van der Waals surface area contributed by atoms with Crippen molar-refractivity contribution in [3.63, 3.8) is 0 Å². The maximum Gasteiger partial charge on any atom is 0.411 e. The molecule has 1 aromatic heterocycles. The zero-order valence-corrected chi connectivity index (χ0v) is 9.75. The van der Waals surface area contributed by atoms with E-state index < -0.39 is 6.09 Å². The number of hydrogen-bond donors (Lipinski definition) is 1. The molecule has 0 bridgehead atoms. The van der Waals surface area contributed by atoms with Crippen LogP contribution in [0.1, 0.15) is 5.69 Å². The Kier molecular flexibility index (Phi) is 3.80. The van der Waals surface area contributed by atoms with Gasteiger partial charge in [-0.15, -0.1) is 0 Å². The van der Waals surface area contributed by atoms with Crippen LogP contribution in [0.2, 0.25) is 0 Å².